The molecule has 0 aliphatic rings. The van der Waals surface area contributed by atoms with Crippen molar-refractivity contribution in [1.29, 1.82) is 0 Å². The number of ether oxygens (including phenoxy) is 1. The van der Waals surface area contributed by atoms with Gasteiger partial charge in [-0.15, -0.1) is 0 Å². The van der Waals surface area contributed by atoms with E-state index in [1.807, 2.05) is 111 Å². The van der Waals surface area contributed by atoms with Crippen LogP contribution in [-0.2, 0) is 0 Å². The molecule has 0 amide bonds. The van der Waals surface area contributed by atoms with Gasteiger partial charge in [0.2, 0.25) is 0 Å². The quantitative estimate of drug-likeness (QED) is 0.117. The second-order valence-electron chi connectivity index (χ2n) is 12.4. The van der Waals surface area contributed by atoms with Gasteiger partial charge in [0.05, 0.1) is 17.5 Å². The van der Waals surface area contributed by atoms with Crippen LogP contribution in [0.3, 0.4) is 0 Å². The van der Waals surface area contributed by atoms with Crippen LogP contribution >= 0.6 is 56.8 Å². The third kappa shape index (κ3) is 10.5. The van der Waals surface area contributed by atoms with E-state index in [0.29, 0.717) is 21.7 Å². The van der Waals surface area contributed by atoms with Crippen molar-refractivity contribution in [2.75, 3.05) is 0 Å². The Bertz CT molecular complexity index is 2670. The summed E-state index contributed by atoms with van der Waals surface area (Å²) in [6.45, 7) is 4.04. The van der Waals surface area contributed by atoms with Crippen molar-refractivity contribution in [2.24, 2.45) is 0 Å². The standard InChI is InChI=1S/C14H10N2O.C12H12INO.C9H6ClNO.C9H6INO/c17-13-6-3-4-10-7-8-12(16-14(10)13)11-5-1-2-9-15-11;1-8(2)15-10-5-3-4-9-6-7-11(13)14-12(9)10;2*10-8-5-4-6-2-1-3-7(12)9(6)11-8/h1-9,17H;3-8H,1-2H3;2*1-5,12H. The summed E-state index contributed by atoms with van der Waals surface area (Å²) in [4.78, 5) is 21.4. The maximum atomic E-state index is 9.76. The van der Waals surface area contributed by atoms with E-state index in [1.165, 1.54) is 0 Å². The van der Waals surface area contributed by atoms with Crippen molar-refractivity contribution in [3.8, 4) is 34.4 Å². The molecule has 9 nitrogen and oxygen atoms in total. The number of nitrogens with zero attached hydrogens (tertiary/aromatic N) is 5. The van der Waals surface area contributed by atoms with Crippen LogP contribution in [0.4, 0.5) is 0 Å². The molecule has 0 aliphatic heterocycles. The summed E-state index contributed by atoms with van der Waals surface area (Å²) in [6, 6.07) is 43.0. The van der Waals surface area contributed by atoms with Gasteiger partial charge < -0.3 is 20.1 Å². The Kier molecular flexibility index (Phi) is 13.7. The molecule has 12 heteroatoms. The van der Waals surface area contributed by atoms with Gasteiger partial charge in [-0.25, -0.2) is 19.9 Å². The van der Waals surface area contributed by atoms with Gasteiger partial charge in [-0.05, 0) is 126 Å². The van der Waals surface area contributed by atoms with Crippen molar-refractivity contribution < 1.29 is 20.1 Å². The molecular formula is C44H34ClI2N5O4. The van der Waals surface area contributed by atoms with Crippen LogP contribution in [0.5, 0.6) is 23.0 Å². The zero-order valence-electron chi connectivity index (χ0n) is 30.1. The summed E-state index contributed by atoms with van der Waals surface area (Å²) >= 11 is 10.0. The van der Waals surface area contributed by atoms with Crippen molar-refractivity contribution in [3.63, 3.8) is 0 Å². The first kappa shape index (κ1) is 40.3. The fraction of sp³-hybridized carbons (Fsp3) is 0.0682. The minimum atomic E-state index is 0.162. The molecule has 0 saturated heterocycles. The molecule has 0 fully saturated rings. The molecule has 5 heterocycles. The number of benzene rings is 4. The summed E-state index contributed by atoms with van der Waals surface area (Å²) < 4.78 is 7.59. The summed E-state index contributed by atoms with van der Waals surface area (Å²) in [5.41, 5.74) is 4.33. The predicted molar refractivity (Wildman–Crippen MR) is 241 cm³/mol. The highest BCUT2D eigenvalue weighted by Crippen LogP contribution is 2.27. The number of phenolic OH excluding ortho intramolecular Hbond substituents is 3. The first-order chi connectivity index (χ1) is 27.0. The lowest BCUT2D eigenvalue weighted by atomic mass is 10.1. The molecule has 9 rings (SSSR count). The Labute approximate surface area is 355 Å². The minimum Gasteiger partial charge on any atom is -0.506 e. The lowest BCUT2D eigenvalue weighted by molar-refractivity contribution is 0.245. The molecule has 4 aromatic carbocycles. The zero-order valence-corrected chi connectivity index (χ0v) is 35.1. The van der Waals surface area contributed by atoms with E-state index in [9.17, 15) is 15.3 Å². The van der Waals surface area contributed by atoms with Gasteiger partial charge in [0.25, 0.3) is 0 Å². The maximum Gasteiger partial charge on any atom is 0.145 e. The highest BCUT2D eigenvalue weighted by Gasteiger charge is 2.07. The Balaban J connectivity index is 0.000000128. The fourth-order valence-corrected chi connectivity index (χ4v) is 6.44. The van der Waals surface area contributed by atoms with Crippen molar-refractivity contribution in [3.05, 3.63) is 158 Å². The van der Waals surface area contributed by atoms with E-state index in [1.54, 1.807) is 42.6 Å². The first-order valence-electron chi connectivity index (χ1n) is 17.3. The molecule has 3 N–H and O–H groups in total. The molecule has 0 spiro atoms. The fourth-order valence-electron chi connectivity index (χ4n) is 5.45. The number of fused-ring (bicyclic) bond motifs is 4. The second-order valence-corrected chi connectivity index (χ2v) is 15.0. The van der Waals surface area contributed by atoms with Gasteiger partial charge in [0, 0.05) is 27.7 Å². The number of halogens is 3. The monoisotopic (exact) mass is 985 g/mol. The summed E-state index contributed by atoms with van der Waals surface area (Å²) in [5.74, 6) is 1.46. The number of hydrogen-bond donors (Lipinski definition) is 3. The smallest absolute Gasteiger partial charge is 0.145 e. The van der Waals surface area contributed by atoms with Crippen LogP contribution < -0.4 is 4.74 Å². The lowest BCUT2D eigenvalue weighted by Gasteiger charge is -2.11. The first-order valence-corrected chi connectivity index (χ1v) is 19.8. The van der Waals surface area contributed by atoms with Crippen LogP contribution in [0.15, 0.2) is 146 Å². The third-order valence-corrected chi connectivity index (χ3v) is 9.38. The number of pyridine rings is 5. The van der Waals surface area contributed by atoms with Gasteiger partial charge in [-0.1, -0.05) is 84.4 Å². The normalized spacial score (nSPS) is 10.6. The van der Waals surface area contributed by atoms with Crippen LogP contribution in [0, 0.1) is 7.40 Å². The largest absolute Gasteiger partial charge is 0.506 e. The topological polar surface area (TPSA) is 134 Å². The van der Waals surface area contributed by atoms with E-state index in [0.717, 1.165) is 51.6 Å². The number of para-hydroxylation sites is 4. The molecule has 9 aromatic rings. The van der Waals surface area contributed by atoms with E-state index in [-0.39, 0.29) is 23.4 Å². The summed E-state index contributed by atoms with van der Waals surface area (Å²) in [5, 5.41) is 32.9. The Morgan fingerprint density at radius 3 is 1.52 bits per heavy atom. The number of phenols is 3. The molecule has 5 aromatic heterocycles. The Morgan fingerprint density at radius 2 is 0.964 bits per heavy atom. The van der Waals surface area contributed by atoms with Gasteiger partial charge in [0.1, 0.15) is 57.6 Å². The van der Waals surface area contributed by atoms with Gasteiger partial charge in [0.15, 0.2) is 0 Å². The molecular weight excluding hydrogens is 952 g/mol. The molecule has 0 radical (unpaired) electrons. The second kappa shape index (κ2) is 19.0. The molecule has 0 aliphatic carbocycles. The van der Waals surface area contributed by atoms with Gasteiger partial charge in [-0.2, -0.15) is 0 Å². The molecule has 0 saturated carbocycles. The zero-order chi connectivity index (χ0) is 39.6. The van der Waals surface area contributed by atoms with E-state index in [4.69, 9.17) is 16.3 Å². The van der Waals surface area contributed by atoms with E-state index < -0.39 is 0 Å². The van der Waals surface area contributed by atoms with Crippen molar-refractivity contribution >= 4 is 100 Å². The van der Waals surface area contributed by atoms with Crippen LogP contribution in [0.1, 0.15) is 13.8 Å². The predicted octanol–water partition coefficient (Wildman–Crippen LogP) is 11.8. The summed E-state index contributed by atoms with van der Waals surface area (Å²) in [7, 11) is 0. The molecule has 56 heavy (non-hydrogen) atoms. The highest BCUT2D eigenvalue weighted by molar-refractivity contribution is 14.1. The minimum absolute atomic E-state index is 0.162. The maximum absolute atomic E-state index is 9.76. The summed E-state index contributed by atoms with van der Waals surface area (Å²) in [6.07, 6.45) is 1.90. The molecule has 0 bridgehead atoms. The Hall–Kier alpha value is -5.38. The number of aromatic nitrogens is 5. The average molecular weight is 986 g/mol. The lowest BCUT2D eigenvalue weighted by Crippen LogP contribution is -2.06. The van der Waals surface area contributed by atoms with Gasteiger partial charge in [-0.3, -0.25) is 4.98 Å². The molecule has 0 atom stereocenters. The number of rotatable bonds is 3. The SMILES string of the molecule is CC(C)Oc1cccc2ccc(I)nc12.Oc1cccc2ccc(-c3ccccn3)nc12.Oc1cccc2ccc(Cl)nc12.Oc1cccc2ccc(I)nc12. The molecule has 280 valence electrons. The van der Waals surface area contributed by atoms with E-state index >= 15 is 0 Å². The van der Waals surface area contributed by atoms with Crippen molar-refractivity contribution in [2.45, 2.75) is 20.0 Å². The number of hydrogen-bond acceptors (Lipinski definition) is 9. The highest BCUT2D eigenvalue weighted by atomic mass is 127. The van der Waals surface area contributed by atoms with Crippen LogP contribution in [0.25, 0.3) is 55.0 Å². The third-order valence-electron chi connectivity index (χ3n) is 7.97. The Morgan fingerprint density at radius 1 is 0.482 bits per heavy atom. The van der Waals surface area contributed by atoms with Crippen LogP contribution in [0.2, 0.25) is 5.15 Å². The van der Waals surface area contributed by atoms with Crippen molar-refractivity contribution in [1.82, 2.24) is 24.9 Å². The van der Waals surface area contributed by atoms with Crippen LogP contribution in [-0.4, -0.2) is 46.3 Å². The molecule has 0 unspecified atom stereocenters. The number of aromatic hydroxyl groups is 3. The average Bonchev–Trinajstić information content (AvgIpc) is 3.20. The van der Waals surface area contributed by atoms with E-state index in [2.05, 4.69) is 76.2 Å². The van der Waals surface area contributed by atoms with Gasteiger partial charge >= 0.3 is 0 Å².